The van der Waals surface area contributed by atoms with Crippen molar-refractivity contribution in [1.29, 1.82) is 0 Å². The topological polar surface area (TPSA) is 51.8 Å². The van der Waals surface area contributed by atoms with Gasteiger partial charge in [0.05, 0.1) is 5.25 Å². The fraction of sp³-hybridized carbons (Fsp3) is 0.714. The molecule has 19 heavy (non-hydrogen) atoms. The van der Waals surface area contributed by atoms with Gasteiger partial charge in [-0.3, -0.25) is 0 Å². The summed E-state index contributed by atoms with van der Waals surface area (Å²) in [6, 6.07) is 0. The molecule has 0 radical (unpaired) electrons. The molecule has 2 N–H and O–H groups in total. The van der Waals surface area contributed by atoms with Crippen LogP contribution >= 0.6 is 23.5 Å². The standard InChI is InChI=1S/C14H23N3S2/c1-4-12-13(19-8-7-18-12)14-16-9(2)11(5-6-15)10(3)17-14/h12-13H,4-8,15H2,1-3H3. The van der Waals surface area contributed by atoms with Crippen LogP contribution in [0.1, 0.15) is 41.4 Å². The van der Waals surface area contributed by atoms with E-state index in [0.29, 0.717) is 17.0 Å². The van der Waals surface area contributed by atoms with Gasteiger partial charge in [-0.1, -0.05) is 6.92 Å². The quantitative estimate of drug-likeness (QED) is 0.926. The first-order valence-electron chi connectivity index (χ1n) is 6.94. The molecule has 2 unspecified atom stereocenters. The zero-order chi connectivity index (χ0) is 13.8. The number of aromatic nitrogens is 2. The molecule has 5 heteroatoms. The molecule has 3 nitrogen and oxygen atoms in total. The number of aryl methyl sites for hydroxylation is 2. The average Bonchev–Trinajstić information content (AvgIpc) is 2.42. The van der Waals surface area contributed by atoms with E-state index in [1.54, 1.807) is 0 Å². The van der Waals surface area contributed by atoms with Crippen LogP contribution in [0.5, 0.6) is 0 Å². The SMILES string of the molecule is CCC1SCCSC1c1nc(C)c(CCN)c(C)n1. The molecular weight excluding hydrogens is 274 g/mol. The Hall–Kier alpha value is -0.260. The summed E-state index contributed by atoms with van der Waals surface area (Å²) in [5.41, 5.74) is 9.11. The monoisotopic (exact) mass is 297 g/mol. The molecular formula is C14H23N3S2. The highest BCUT2D eigenvalue weighted by atomic mass is 32.2. The molecule has 0 aliphatic carbocycles. The Labute approximate surface area is 124 Å². The third-order valence-electron chi connectivity index (χ3n) is 3.54. The average molecular weight is 297 g/mol. The molecule has 1 aromatic rings. The van der Waals surface area contributed by atoms with Gasteiger partial charge in [-0.15, -0.1) is 11.8 Å². The van der Waals surface area contributed by atoms with Crippen LogP contribution in [0.15, 0.2) is 0 Å². The zero-order valence-electron chi connectivity index (χ0n) is 12.0. The van der Waals surface area contributed by atoms with Crippen molar-refractivity contribution in [1.82, 2.24) is 9.97 Å². The highest BCUT2D eigenvalue weighted by molar-refractivity contribution is 8.06. The molecule has 1 aliphatic heterocycles. The predicted octanol–water partition coefficient (Wildman–Crippen LogP) is 2.89. The molecule has 1 fully saturated rings. The van der Waals surface area contributed by atoms with Gasteiger partial charge in [-0.2, -0.15) is 11.8 Å². The molecule has 1 aromatic heterocycles. The van der Waals surface area contributed by atoms with Crippen molar-refractivity contribution in [2.75, 3.05) is 18.1 Å². The molecule has 1 aliphatic rings. The van der Waals surface area contributed by atoms with Crippen molar-refractivity contribution in [3.8, 4) is 0 Å². The van der Waals surface area contributed by atoms with Gasteiger partial charge in [-0.25, -0.2) is 9.97 Å². The fourth-order valence-electron chi connectivity index (χ4n) is 2.54. The van der Waals surface area contributed by atoms with Gasteiger partial charge in [0.25, 0.3) is 0 Å². The lowest BCUT2D eigenvalue weighted by molar-refractivity contribution is 0.732. The Balaban J connectivity index is 2.29. The van der Waals surface area contributed by atoms with Crippen LogP contribution in [0.2, 0.25) is 0 Å². The summed E-state index contributed by atoms with van der Waals surface area (Å²) in [6.07, 6.45) is 2.07. The highest BCUT2D eigenvalue weighted by Gasteiger charge is 2.29. The van der Waals surface area contributed by atoms with Crippen LogP contribution in [0.4, 0.5) is 0 Å². The van der Waals surface area contributed by atoms with Crippen LogP contribution in [-0.2, 0) is 6.42 Å². The molecule has 1 saturated heterocycles. The van der Waals surface area contributed by atoms with Crippen molar-refractivity contribution >= 4 is 23.5 Å². The lowest BCUT2D eigenvalue weighted by Gasteiger charge is -2.29. The van der Waals surface area contributed by atoms with Gasteiger partial charge >= 0.3 is 0 Å². The van der Waals surface area contributed by atoms with E-state index in [1.807, 2.05) is 11.8 Å². The first-order valence-corrected chi connectivity index (χ1v) is 9.04. The van der Waals surface area contributed by atoms with E-state index >= 15 is 0 Å². The minimum absolute atomic E-state index is 0.452. The number of rotatable bonds is 4. The van der Waals surface area contributed by atoms with Gasteiger partial charge < -0.3 is 5.73 Å². The second kappa shape index (κ2) is 6.95. The second-order valence-electron chi connectivity index (χ2n) is 4.88. The van der Waals surface area contributed by atoms with E-state index in [1.165, 1.54) is 23.5 Å². The van der Waals surface area contributed by atoms with E-state index in [-0.39, 0.29) is 0 Å². The molecule has 2 rings (SSSR count). The maximum atomic E-state index is 5.66. The molecule has 0 saturated carbocycles. The van der Waals surface area contributed by atoms with Crippen LogP contribution in [0.25, 0.3) is 0 Å². The first kappa shape index (κ1) is 15.1. The molecule has 106 valence electrons. The van der Waals surface area contributed by atoms with Gasteiger partial charge in [0.15, 0.2) is 0 Å². The number of hydrogen-bond donors (Lipinski definition) is 1. The smallest absolute Gasteiger partial charge is 0.142 e. The van der Waals surface area contributed by atoms with E-state index in [2.05, 4.69) is 32.5 Å². The minimum Gasteiger partial charge on any atom is -0.330 e. The normalized spacial score (nSPS) is 23.6. The van der Waals surface area contributed by atoms with E-state index in [4.69, 9.17) is 15.7 Å². The Morgan fingerprint density at radius 1 is 1.16 bits per heavy atom. The van der Waals surface area contributed by atoms with Gasteiger partial charge in [0.1, 0.15) is 5.82 Å². The van der Waals surface area contributed by atoms with Crippen LogP contribution in [0.3, 0.4) is 0 Å². The second-order valence-corrected chi connectivity index (χ2v) is 7.48. The molecule has 0 spiro atoms. The third-order valence-corrected chi connectivity index (χ3v) is 6.78. The Morgan fingerprint density at radius 3 is 2.37 bits per heavy atom. The van der Waals surface area contributed by atoms with Crippen LogP contribution < -0.4 is 5.73 Å². The highest BCUT2D eigenvalue weighted by Crippen LogP contribution is 2.42. The van der Waals surface area contributed by atoms with E-state index in [9.17, 15) is 0 Å². The number of hydrogen-bond acceptors (Lipinski definition) is 5. The van der Waals surface area contributed by atoms with E-state index in [0.717, 1.165) is 23.6 Å². The summed E-state index contributed by atoms with van der Waals surface area (Å²) in [5, 5.41) is 1.10. The summed E-state index contributed by atoms with van der Waals surface area (Å²) in [4.78, 5) is 9.55. The summed E-state index contributed by atoms with van der Waals surface area (Å²) in [5.74, 6) is 3.49. The van der Waals surface area contributed by atoms with Crippen molar-refractivity contribution in [3.63, 3.8) is 0 Å². The van der Waals surface area contributed by atoms with Crippen molar-refractivity contribution in [2.24, 2.45) is 5.73 Å². The zero-order valence-corrected chi connectivity index (χ0v) is 13.6. The van der Waals surface area contributed by atoms with Gasteiger partial charge in [0, 0.05) is 28.1 Å². The maximum Gasteiger partial charge on any atom is 0.142 e. The molecule has 2 atom stereocenters. The van der Waals surface area contributed by atoms with Crippen molar-refractivity contribution < 1.29 is 0 Å². The maximum absolute atomic E-state index is 5.66. The molecule has 0 aromatic carbocycles. The fourth-order valence-corrected chi connectivity index (χ4v) is 5.53. The van der Waals surface area contributed by atoms with Crippen molar-refractivity contribution in [3.05, 3.63) is 22.8 Å². The lowest BCUT2D eigenvalue weighted by atomic mass is 10.1. The number of nitrogens with zero attached hydrogens (tertiary/aromatic N) is 2. The Bertz CT molecular complexity index is 414. The van der Waals surface area contributed by atoms with Gasteiger partial charge in [-0.05, 0) is 38.8 Å². The third kappa shape index (κ3) is 3.44. The van der Waals surface area contributed by atoms with Crippen LogP contribution in [0, 0.1) is 13.8 Å². The molecule has 2 heterocycles. The van der Waals surface area contributed by atoms with E-state index < -0.39 is 0 Å². The first-order chi connectivity index (χ1) is 9.17. The summed E-state index contributed by atoms with van der Waals surface area (Å²) in [7, 11) is 0. The number of thioether (sulfide) groups is 2. The summed E-state index contributed by atoms with van der Waals surface area (Å²) < 4.78 is 0. The minimum atomic E-state index is 0.452. The molecule has 0 amide bonds. The Morgan fingerprint density at radius 2 is 1.79 bits per heavy atom. The summed E-state index contributed by atoms with van der Waals surface area (Å²) >= 11 is 4.09. The largest absolute Gasteiger partial charge is 0.330 e. The van der Waals surface area contributed by atoms with Crippen LogP contribution in [-0.4, -0.2) is 33.3 Å². The summed E-state index contributed by atoms with van der Waals surface area (Å²) in [6.45, 7) is 7.10. The predicted molar refractivity (Wildman–Crippen MR) is 86.0 cm³/mol. The van der Waals surface area contributed by atoms with Crippen molar-refractivity contribution in [2.45, 2.75) is 44.1 Å². The van der Waals surface area contributed by atoms with Gasteiger partial charge in [0.2, 0.25) is 0 Å². The Kier molecular flexibility index (Phi) is 5.54. The lowest BCUT2D eigenvalue weighted by Crippen LogP contribution is -2.22. The number of nitrogens with two attached hydrogens (primary N) is 1. The molecule has 0 bridgehead atoms.